The van der Waals surface area contributed by atoms with Gasteiger partial charge < -0.3 is 4.74 Å². The molecular weight excluding hydrogens is 356 g/mol. The van der Waals surface area contributed by atoms with Crippen LogP contribution in [0.2, 0.25) is 0 Å². The first-order chi connectivity index (χ1) is 9.34. The minimum atomic E-state index is -4.24. The highest BCUT2D eigenvalue weighted by Gasteiger charge is 2.66. The highest BCUT2D eigenvalue weighted by Crippen LogP contribution is 2.59. The smallest absolute Gasteiger partial charge is 0.363 e. The van der Waals surface area contributed by atoms with Gasteiger partial charge in [0.15, 0.2) is 0 Å². The maximum atomic E-state index is 13.9. The number of hydrogen-bond donors (Lipinski definition) is 0. The molecule has 0 heterocycles. The number of rotatable bonds is 3. The number of carbonyl (C=O) groups excluding carboxylic acids is 1. The number of ether oxygens (including phenoxy) is 1. The van der Waals surface area contributed by atoms with Crippen molar-refractivity contribution in [3.8, 4) is 0 Å². The molecule has 2 saturated carbocycles. The fraction of sp³-hybridized carbons (Fsp3) is 0.929. The van der Waals surface area contributed by atoms with Crippen molar-refractivity contribution in [1.82, 2.24) is 0 Å². The molecule has 21 heavy (non-hydrogen) atoms. The summed E-state index contributed by atoms with van der Waals surface area (Å²) in [6, 6.07) is 0. The van der Waals surface area contributed by atoms with Gasteiger partial charge in [0.25, 0.3) is 0 Å². The maximum absolute atomic E-state index is 13.9. The van der Waals surface area contributed by atoms with E-state index in [9.17, 15) is 22.4 Å². The predicted octanol–water partition coefficient (Wildman–Crippen LogP) is 4.61. The molecule has 0 N–H and O–H groups in total. The van der Waals surface area contributed by atoms with Crippen LogP contribution in [0.25, 0.3) is 0 Å². The van der Waals surface area contributed by atoms with Crippen molar-refractivity contribution in [2.75, 3.05) is 0 Å². The first kappa shape index (κ1) is 17.0. The van der Waals surface area contributed by atoms with E-state index >= 15 is 0 Å². The molecule has 0 aromatic carbocycles. The maximum Gasteiger partial charge on any atom is 0.363 e. The van der Waals surface area contributed by atoms with Gasteiger partial charge in [-0.1, -0.05) is 0 Å². The van der Waals surface area contributed by atoms with Crippen LogP contribution in [0.3, 0.4) is 0 Å². The third kappa shape index (κ3) is 3.08. The summed E-state index contributed by atoms with van der Waals surface area (Å²) >= 11 is 1.79. The van der Waals surface area contributed by atoms with Gasteiger partial charge in [0, 0.05) is 11.8 Å². The number of halogens is 5. The lowest BCUT2D eigenvalue weighted by Crippen LogP contribution is -2.48. The summed E-state index contributed by atoms with van der Waals surface area (Å²) in [5.74, 6) is -6.84. The zero-order valence-corrected chi connectivity index (χ0v) is 13.7. The van der Waals surface area contributed by atoms with Gasteiger partial charge in [-0.25, -0.2) is 0 Å². The molecule has 2 aliphatic rings. The Balaban J connectivity index is 2.12. The van der Waals surface area contributed by atoms with E-state index in [1.165, 1.54) is 0 Å². The topological polar surface area (TPSA) is 26.3 Å². The molecule has 0 radical (unpaired) electrons. The number of alkyl halides is 5. The van der Waals surface area contributed by atoms with E-state index in [-0.39, 0.29) is 12.3 Å². The quantitative estimate of drug-likeness (QED) is 0.409. The number of esters is 1. The van der Waals surface area contributed by atoms with Crippen LogP contribution < -0.4 is 0 Å². The van der Waals surface area contributed by atoms with Gasteiger partial charge in [0.1, 0.15) is 6.10 Å². The summed E-state index contributed by atoms with van der Waals surface area (Å²) in [6.45, 7) is 5.00. The second-order valence-corrected chi connectivity index (χ2v) is 8.15. The Kier molecular flexibility index (Phi) is 4.14. The van der Waals surface area contributed by atoms with Crippen LogP contribution >= 0.6 is 15.9 Å². The Hall–Kier alpha value is -0.330. The Bertz CT molecular complexity index is 428. The Labute approximate surface area is 129 Å². The molecular formula is C14H19BrF4O2. The highest BCUT2D eigenvalue weighted by molar-refractivity contribution is 9.10. The van der Waals surface area contributed by atoms with E-state index in [4.69, 9.17) is 4.74 Å². The summed E-state index contributed by atoms with van der Waals surface area (Å²) in [5, 5.41) is 0. The summed E-state index contributed by atoms with van der Waals surface area (Å²) in [6.07, 6.45) is 0.294. The Morgan fingerprint density at radius 2 is 1.67 bits per heavy atom. The van der Waals surface area contributed by atoms with Gasteiger partial charge in [0.2, 0.25) is 0 Å². The molecule has 2 rings (SSSR count). The predicted molar refractivity (Wildman–Crippen MR) is 72.5 cm³/mol. The molecule has 4 atom stereocenters. The molecule has 2 nitrogen and oxygen atoms in total. The molecule has 0 amide bonds. The van der Waals surface area contributed by atoms with E-state index in [1.54, 1.807) is 36.7 Å². The largest absolute Gasteiger partial charge is 0.462 e. The van der Waals surface area contributed by atoms with Crippen LogP contribution in [0.1, 0.15) is 40.0 Å². The fourth-order valence-corrected chi connectivity index (χ4v) is 3.66. The van der Waals surface area contributed by atoms with E-state index in [0.29, 0.717) is 12.8 Å². The van der Waals surface area contributed by atoms with Gasteiger partial charge in [-0.3, -0.25) is 4.79 Å². The van der Waals surface area contributed by atoms with Crippen LogP contribution in [0.5, 0.6) is 0 Å². The molecule has 0 aliphatic heterocycles. The minimum absolute atomic E-state index is 0.0580. The summed E-state index contributed by atoms with van der Waals surface area (Å²) in [5.41, 5.74) is -0.737. The van der Waals surface area contributed by atoms with Crippen molar-refractivity contribution in [1.29, 1.82) is 0 Å². The summed E-state index contributed by atoms with van der Waals surface area (Å²) in [7, 11) is 0. The molecule has 122 valence electrons. The molecule has 4 unspecified atom stereocenters. The molecule has 0 aromatic rings. The lowest BCUT2D eigenvalue weighted by atomic mass is 9.82. The summed E-state index contributed by atoms with van der Waals surface area (Å²) in [4.78, 5) is 7.64. The van der Waals surface area contributed by atoms with Gasteiger partial charge in [-0.05, 0) is 61.9 Å². The molecule has 7 heteroatoms. The van der Waals surface area contributed by atoms with Crippen LogP contribution in [0, 0.1) is 23.2 Å². The van der Waals surface area contributed by atoms with Crippen molar-refractivity contribution < 1.29 is 27.1 Å². The van der Waals surface area contributed by atoms with Crippen molar-refractivity contribution in [2.24, 2.45) is 23.2 Å². The average molecular weight is 375 g/mol. The zero-order valence-electron chi connectivity index (χ0n) is 12.1. The molecule has 0 aromatic heterocycles. The van der Waals surface area contributed by atoms with Gasteiger partial charge in [0.05, 0.1) is 5.41 Å². The zero-order chi connectivity index (χ0) is 16.2. The molecule has 2 fully saturated rings. The fourth-order valence-electron chi connectivity index (χ4n) is 3.36. The van der Waals surface area contributed by atoms with Crippen LogP contribution in [0.4, 0.5) is 17.6 Å². The lowest BCUT2D eigenvalue weighted by molar-refractivity contribution is -0.204. The van der Waals surface area contributed by atoms with Gasteiger partial charge in [-0.2, -0.15) is 17.6 Å². The SMILES string of the molecule is CC(C)(C)C(=O)OC1CC2CC1C(C(F)(F)C(F)(F)Br)C2. The van der Waals surface area contributed by atoms with Crippen LogP contribution in [-0.2, 0) is 9.53 Å². The van der Waals surface area contributed by atoms with Crippen LogP contribution in [0.15, 0.2) is 0 Å². The standard InChI is InChI=1S/C14H19BrF4O2/c1-12(2,3)11(20)21-10-6-7-4-8(10)9(5-7)13(16,17)14(15,18)19/h7-10H,4-6H2,1-3H3. The first-order valence-electron chi connectivity index (χ1n) is 6.99. The minimum Gasteiger partial charge on any atom is -0.462 e. The van der Waals surface area contributed by atoms with E-state index < -0.39 is 40.1 Å². The van der Waals surface area contributed by atoms with Gasteiger partial charge in [-0.15, -0.1) is 0 Å². The van der Waals surface area contributed by atoms with E-state index in [2.05, 4.69) is 0 Å². The second kappa shape index (κ2) is 5.10. The molecule has 0 saturated heterocycles. The molecule has 0 spiro atoms. The first-order valence-corrected chi connectivity index (χ1v) is 7.79. The van der Waals surface area contributed by atoms with Gasteiger partial charge >= 0.3 is 16.7 Å². The molecule has 2 aliphatic carbocycles. The van der Waals surface area contributed by atoms with Crippen molar-refractivity contribution >= 4 is 21.9 Å². The second-order valence-electron chi connectivity index (χ2n) is 7.16. The summed E-state index contributed by atoms with van der Waals surface area (Å²) < 4.78 is 59.3. The normalized spacial score (nSPS) is 33.3. The van der Waals surface area contributed by atoms with E-state index in [1.807, 2.05) is 0 Å². The third-order valence-electron chi connectivity index (χ3n) is 4.47. The van der Waals surface area contributed by atoms with Crippen molar-refractivity contribution in [2.45, 2.75) is 56.9 Å². The highest BCUT2D eigenvalue weighted by atomic mass is 79.9. The third-order valence-corrected chi connectivity index (χ3v) is 5.00. The Morgan fingerprint density at radius 1 is 1.10 bits per heavy atom. The average Bonchev–Trinajstić information content (AvgIpc) is 2.85. The Morgan fingerprint density at radius 3 is 2.10 bits per heavy atom. The van der Waals surface area contributed by atoms with Crippen molar-refractivity contribution in [3.63, 3.8) is 0 Å². The van der Waals surface area contributed by atoms with E-state index in [0.717, 1.165) is 0 Å². The number of carbonyl (C=O) groups is 1. The van der Waals surface area contributed by atoms with Crippen molar-refractivity contribution in [3.05, 3.63) is 0 Å². The van der Waals surface area contributed by atoms with Crippen LogP contribution in [-0.4, -0.2) is 22.8 Å². The molecule has 2 bridgehead atoms. The lowest BCUT2D eigenvalue weighted by Gasteiger charge is -2.36. The number of hydrogen-bond acceptors (Lipinski definition) is 2. The monoisotopic (exact) mass is 374 g/mol. The number of fused-ring (bicyclic) bond motifs is 2.